The number of fused-ring (bicyclic) bond motifs is 1. The number of hydrogen-bond acceptors (Lipinski definition) is 5. The summed E-state index contributed by atoms with van der Waals surface area (Å²) in [6.45, 7) is 4.33. The number of nitrogens with zero attached hydrogens (tertiary/aromatic N) is 4. The van der Waals surface area contributed by atoms with Gasteiger partial charge in [-0.15, -0.1) is 5.10 Å². The Morgan fingerprint density at radius 3 is 2.95 bits per heavy atom. The first kappa shape index (κ1) is 13.9. The van der Waals surface area contributed by atoms with E-state index in [0.29, 0.717) is 18.2 Å². The van der Waals surface area contributed by atoms with Gasteiger partial charge in [0.25, 0.3) is 11.7 Å². The standard InChI is InChI=1S/C14H19N5O2/c1-8-5-9(2)19-14(16-8)17-12(18-19)13(21)15-7-10-3-4-11(20)6-10/h5,10-11,20H,3-4,6-7H2,1-2H3,(H,15,21). The van der Waals surface area contributed by atoms with Crippen molar-refractivity contribution < 1.29 is 9.90 Å². The van der Waals surface area contributed by atoms with Gasteiger partial charge in [0.05, 0.1) is 6.10 Å². The Morgan fingerprint density at radius 2 is 2.24 bits per heavy atom. The number of aromatic nitrogens is 4. The van der Waals surface area contributed by atoms with Crippen molar-refractivity contribution in [3.8, 4) is 0 Å². The average Bonchev–Trinajstić information content (AvgIpc) is 3.02. The smallest absolute Gasteiger partial charge is 0.291 e. The molecule has 1 amide bonds. The molecule has 0 aromatic carbocycles. The second kappa shape index (κ2) is 5.40. The van der Waals surface area contributed by atoms with Crippen LogP contribution in [0.25, 0.3) is 5.78 Å². The van der Waals surface area contributed by atoms with Crippen LogP contribution >= 0.6 is 0 Å². The summed E-state index contributed by atoms with van der Waals surface area (Å²) in [5, 5.41) is 16.5. The zero-order chi connectivity index (χ0) is 15.0. The van der Waals surface area contributed by atoms with Crippen LogP contribution in [-0.2, 0) is 0 Å². The molecule has 2 atom stereocenters. The highest BCUT2D eigenvalue weighted by molar-refractivity contribution is 5.90. The highest BCUT2D eigenvalue weighted by Crippen LogP contribution is 2.24. The van der Waals surface area contributed by atoms with E-state index in [1.807, 2.05) is 19.9 Å². The fourth-order valence-corrected chi connectivity index (χ4v) is 2.81. The summed E-state index contributed by atoms with van der Waals surface area (Å²) in [5.41, 5.74) is 1.74. The Balaban J connectivity index is 1.71. The predicted octanol–water partition coefficient (Wildman–Crippen LogP) is 0.632. The lowest BCUT2D eigenvalue weighted by atomic mass is 10.1. The van der Waals surface area contributed by atoms with Crippen molar-refractivity contribution in [2.75, 3.05) is 6.54 Å². The third kappa shape index (κ3) is 2.87. The highest BCUT2D eigenvalue weighted by atomic mass is 16.3. The summed E-state index contributed by atoms with van der Waals surface area (Å²) in [4.78, 5) is 20.5. The Kier molecular flexibility index (Phi) is 3.59. The summed E-state index contributed by atoms with van der Waals surface area (Å²) < 4.78 is 1.57. The first-order valence-electron chi connectivity index (χ1n) is 7.20. The van der Waals surface area contributed by atoms with Crippen molar-refractivity contribution in [3.63, 3.8) is 0 Å². The first-order chi connectivity index (χ1) is 10.0. The molecule has 1 aliphatic rings. The molecule has 21 heavy (non-hydrogen) atoms. The van der Waals surface area contributed by atoms with E-state index in [1.165, 1.54) is 0 Å². The van der Waals surface area contributed by atoms with Crippen LogP contribution in [0.5, 0.6) is 0 Å². The van der Waals surface area contributed by atoms with E-state index in [4.69, 9.17) is 0 Å². The van der Waals surface area contributed by atoms with E-state index in [9.17, 15) is 9.90 Å². The zero-order valence-corrected chi connectivity index (χ0v) is 12.2. The fraction of sp³-hybridized carbons (Fsp3) is 0.571. The Labute approximate surface area is 122 Å². The van der Waals surface area contributed by atoms with Gasteiger partial charge in [0.15, 0.2) is 0 Å². The maximum atomic E-state index is 12.1. The van der Waals surface area contributed by atoms with Gasteiger partial charge in [-0.3, -0.25) is 4.79 Å². The van der Waals surface area contributed by atoms with Gasteiger partial charge in [-0.05, 0) is 45.1 Å². The Hall–Kier alpha value is -2.02. The number of aliphatic hydroxyl groups excluding tert-OH is 1. The molecule has 2 unspecified atom stereocenters. The van der Waals surface area contributed by atoms with Crippen molar-refractivity contribution in [1.82, 2.24) is 24.9 Å². The molecule has 0 bridgehead atoms. The minimum absolute atomic E-state index is 0.134. The van der Waals surface area contributed by atoms with Crippen LogP contribution in [0.15, 0.2) is 6.07 Å². The van der Waals surface area contributed by atoms with Crippen molar-refractivity contribution >= 4 is 11.7 Å². The molecular formula is C14H19N5O2. The second-order valence-electron chi connectivity index (χ2n) is 5.73. The quantitative estimate of drug-likeness (QED) is 0.864. The molecule has 0 saturated heterocycles. The topological polar surface area (TPSA) is 92.4 Å². The minimum Gasteiger partial charge on any atom is -0.393 e. The van der Waals surface area contributed by atoms with Gasteiger partial charge >= 0.3 is 0 Å². The minimum atomic E-state index is -0.293. The molecule has 7 heteroatoms. The van der Waals surface area contributed by atoms with Gasteiger partial charge in [0.2, 0.25) is 5.82 Å². The van der Waals surface area contributed by atoms with Crippen LogP contribution in [0.3, 0.4) is 0 Å². The molecule has 112 valence electrons. The summed E-state index contributed by atoms with van der Waals surface area (Å²) in [6, 6.07) is 1.89. The number of nitrogens with one attached hydrogen (secondary N) is 1. The number of aliphatic hydroxyl groups is 1. The lowest BCUT2D eigenvalue weighted by molar-refractivity contribution is 0.0935. The number of rotatable bonds is 3. The van der Waals surface area contributed by atoms with E-state index in [0.717, 1.165) is 30.7 Å². The lowest BCUT2D eigenvalue weighted by Crippen LogP contribution is -2.29. The van der Waals surface area contributed by atoms with Crippen LogP contribution in [0, 0.1) is 19.8 Å². The van der Waals surface area contributed by atoms with E-state index < -0.39 is 0 Å². The molecule has 2 heterocycles. The third-order valence-electron chi connectivity index (χ3n) is 3.89. The molecule has 1 saturated carbocycles. The number of aryl methyl sites for hydroxylation is 2. The number of hydrogen-bond donors (Lipinski definition) is 2. The van der Waals surface area contributed by atoms with Crippen LogP contribution in [0.4, 0.5) is 0 Å². The van der Waals surface area contributed by atoms with Crippen molar-refractivity contribution in [3.05, 3.63) is 23.3 Å². The molecule has 2 N–H and O–H groups in total. The molecule has 3 rings (SSSR count). The molecule has 2 aromatic rings. The van der Waals surface area contributed by atoms with E-state index in [1.54, 1.807) is 4.52 Å². The van der Waals surface area contributed by atoms with E-state index >= 15 is 0 Å². The SMILES string of the molecule is Cc1cc(C)n2nc(C(=O)NCC3CCC(O)C3)nc2n1. The maximum absolute atomic E-state index is 12.1. The largest absolute Gasteiger partial charge is 0.393 e. The highest BCUT2D eigenvalue weighted by Gasteiger charge is 2.24. The van der Waals surface area contributed by atoms with Gasteiger partial charge in [-0.25, -0.2) is 9.50 Å². The normalized spacial score (nSPS) is 21.9. The van der Waals surface area contributed by atoms with Gasteiger partial charge in [0, 0.05) is 17.9 Å². The van der Waals surface area contributed by atoms with Crippen LogP contribution < -0.4 is 5.32 Å². The van der Waals surface area contributed by atoms with Crippen LogP contribution in [-0.4, -0.2) is 43.2 Å². The third-order valence-corrected chi connectivity index (χ3v) is 3.89. The molecule has 0 aliphatic heterocycles. The lowest BCUT2D eigenvalue weighted by Gasteiger charge is -2.09. The number of carbonyl (C=O) groups excluding carboxylic acids is 1. The van der Waals surface area contributed by atoms with E-state index in [-0.39, 0.29) is 17.8 Å². The summed E-state index contributed by atoms with van der Waals surface area (Å²) in [7, 11) is 0. The van der Waals surface area contributed by atoms with Crippen molar-refractivity contribution in [1.29, 1.82) is 0 Å². The van der Waals surface area contributed by atoms with Crippen molar-refractivity contribution in [2.45, 2.75) is 39.2 Å². The second-order valence-corrected chi connectivity index (χ2v) is 5.73. The monoisotopic (exact) mass is 289 g/mol. The summed E-state index contributed by atoms with van der Waals surface area (Å²) in [5.74, 6) is 0.616. The molecular weight excluding hydrogens is 270 g/mol. The van der Waals surface area contributed by atoms with Crippen LogP contribution in [0.1, 0.15) is 41.3 Å². The first-order valence-corrected chi connectivity index (χ1v) is 7.20. The zero-order valence-electron chi connectivity index (χ0n) is 12.2. The molecule has 1 fully saturated rings. The van der Waals surface area contributed by atoms with Crippen molar-refractivity contribution in [2.24, 2.45) is 5.92 Å². The number of carbonyl (C=O) groups is 1. The molecule has 0 radical (unpaired) electrons. The maximum Gasteiger partial charge on any atom is 0.291 e. The summed E-state index contributed by atoms with van der Waals surface area (Å²) in [6.07, 6.45) is 2.28. The van der Waals surface area contributed by atoms with E-state index in [2.05, 4.69) is 20.4 Å². The Bertz CT molecular complexity index is 681. The average molecular weight is 289 g/mol. The number of amides is 1. The fourth-order valence-electron chi connectivity index (χ4n) is 2.81. The van der Waals surface area contributed by atoms with Crippen LogP contribution in [0.2, 0.25) is 0 Å². The van der Waals surface area contributed by atoms with Gasteiger partial charge in [-0.2, -0.15) is 4.98 Å². The predicted molar refractivity (Wildman–Crippen MR) is 75.9 cm³/mol. The molecule has 0 spiro atoms. The molecule has 1 aliphatic carbocycles. The molecule has 2 aromatic heterocycles. The Morgan fingerprint density at radius 1 is 1.43 bits per heavy atom. The molecule has 7 nitrogen and oxygen atoms in total. The van der Waals surface area contributed by atoms with Gasteiger partial charge in [-0.1, -0.05) is 0 Å². The van der Waals surface area contributed by atoms with Gasteiger partial charge in [0.1, 0.15) is 0 Å². The summed E-state index contributed by atoms with van der Waals surface area (Å²) >= 11 is 0. The van der Waals surface area contributed by atoms with Gasteiger partial charge < -0.3 is 10.4 Å².